The van der Waals surface area contributed by atoms with Gasteiger partial charge in [-0.1, -0.05) is 6.92 Å². The number of rotatable bonds is 6. The molecule has 0 bridgehead atoms. The molecule has 2 aromatic carbocycles. The van der Waals surface area contributed by atoms with Crippen LogP contribution in [-0.2, 0) is 9.53 Å². The summed E-state index contributed by atoms with van der Waals surface area (Å²) >= 11 is 0. The number of carbonyl (C=O) groups is 3. The molecule has 3 atom stereocenters. The monoisotopic (exact) mass is 505 g/mol. The highest BCUT2D eigenvalue weighted by atomic mass is 16.6. The van der Waals surface area contributed by atoms with Crippen LogP contribution in [0.4, 0.5) is 16.2 Å². The van der Waals surface area contributed by atoms with Gasteiger partial charge in [-0.15, -0.1) is 0 Å². The average Bonchev–Trinajstić information content (AvgIpc) is 2.83. The molecule has 196 valence electrons. The summed E-state index contributed by atoms with van der Waals surface area (Å²) < 4.78 is 5.20. The van der Waals surface area contributed by atoms with E-state index in [-0.39, 0.29) is 42.9 Å². The lowest BCUT2D eigenvalue weighted by molar-refractivity contribution is -0.117. The Hall–Kier alpha value is -4.06. The Morgan fingerprint density at radius 3 is 2.27 bits per heavy atom. The number of benzene rings is 2. The van der Waals surface area contributed by atoms with Crippen molar-refractivity contribution in [2.75, 3.05) is 23.3 Å². The summed E-state index contributed by atoms with van der Waals surface area (Å²) in [6.45, 7) is 11.4. The normalized spacial score (nSPS) is 18.7. The van der Waals surface area contributed by atoms with E-state index in [1.165, 1.54) is 0 Å². The zero-order valence-electron chi connectivity index (χ0n) is 22.2. The average molecular weight is 506 g/mol. The number of alkyl carbamates (subject to hydrolysis) is 1. The molecule has 0 spiro atoms. The second kappa shape index (κ2) is 11.3. The molecule has 3 N–H and O–H groups in total. The lowest BCUT2D eigenvalue weighted by atomic mass is 9.82. The second-order valence-corrected chi connectivity index (χ2v) is 10.3. The van der Waals surface area contributed by atoms with E-state index in [0.717, 1.165) is 16.9 Å². The van der Waals surface area contributed by atoms with Gasteiger partial charge < -0.3 is 25.6 Å². The summed E-state index contributed by atoms with van der Waals surface area (Å²) in [6.07, 6.45) is -0.542. The zero-order valence-corrected chi connectivity index (χ0v) is 22.2. The first-order valence-corrected chi connectivity index (χ1v) is 12.4. The van der Waals surface area contributed by atoms with Crippen LogP contribution in [0.3, 0.4) is 0 Å². The minimum Gasteiger partial charge on any atom is -0.444 e. The largest absolute Gasteiger partial charge is 0.444 e. The Balaban J connectivity index is 1.80. The summed E-state index contributed by atoms with van der Waals surface area (Å²) in [5.74, 6) is -0.321. The van der Waals surface area contributed by atoms with Crippen LogP contribution in [0.1, 0.15) is 69.1 Å². The number of hydrogen-bond donors (Lipinski definition) is 3. The molecule has 0 aromatic heterocycles. The molecule has 0 radical (unpaired) electrons. The summed E-state index contributed by atoms with van der Waals surface area (Å²) in [4.78, 5) is 39.0. The maximum absolute atomic E-state index is 12.9. The number of nitrogens with zero attached hydrogens (tertiary/aromatic N) is 2. The number of nitriles is 1. The van der Waals surface area contributed by atoms with E-state index < -0.39 is 11.7 Å². The van der Waals surface area contributed by atoms with Crippen molar-refractivity contribution >= 4 is 29.3 Å². The molecule has 3 rings (SSSR count). The van der Waals surface area contributed by atoms with Crippen molar-refractivity contribution < 1.29 is 19.1 Å². The third-order valence-corrected chi connectivity index (χ3v) is 6.33. The van der Waals surface area contributed by atoms with Gasteiger partial charge in [0.15, 0.2) is 0 Å². The fourth-order valence-electron chi connectivity index (χ4n) is 4.42. The van der Waals surface area contributed by atoms with Gasteiger partial charge in [0.05, 0.1) is 17.7 Å². The first-order chi connectivity index (χ1) is 17.4. The van der Waals surface area contributed by atoms with Gasteiger partial charge in [-0.2, -0.15) is 5.26 Å². The van der Waals surface area contributed by atoms with E-state index in [9.17, 15) is 14.4 Å². The Morgan fingerprint density at radius 1 is 1.03 bits per heavy atom. The molecular formula is C28H35N5O4. The molecule has 1 heterocycles. The number of nitrogens with one attached hydrogen (secondary N) is 3. The van der Waals surface area contributed by atoms with Crippen LogP contribution in [0.15, 0.2) is 42.5 Å². The predicted octanol–water partition coefficient (Wildman–Crippen LogP) is 4.36. The van der Waals surface area contributed by atoms with E-state index in [2.05, 4.69) is 28.9 Å². The van der Waals surface area contributed by atoms with Crippen molar-refractivity contribution in [3.63, 3.8) is 0 Å². The van der Waals surface area contributed by atoms with Gasteiger partial charge >= 0.3 is 6.09 Å². The quantitative estimate of drug-likeness (QED) is 0.501. The molecule has 3 amide bonds. The number of ether oxygens (including phenoxy) is 1. The van der Waals surface area contributed by atoms with Crippen LogP contribution in [0.25, 0.3) is 0 Å². The summed E-state index contributed by atoms with van der Waals surface area (Å²) in [7, 11) is 0. The number of amides is 3. The van der Waals surface area contributed by atoms with Crippen LogP contribution in [0.5, 0.6) is 0 Å². The summed E-state index contributed by atoms with van der Waals surface area (Å²) in [5.41, 5.74) is 2.86. The smallest absolute Gasteiger partial charge is 0.407 e. The van der Waals surface area contributed by atoms with E-state index in [1.54, 1.807) is 56.9 Å². The fourth-order valence-corrected chi connectivity index (χ4v) is 4.42. The molecule has 9 nitrogen and oxygen atoms in total. The number of anilines is 2. The molecule has 1 aliphatic rings. The number of fused-ring (bicyclic) bond motifs is 1. The highest BCUT2D eigenvalue weighted by molar-refractivity contribution is 5.98. The SMILES string of the molecule is CC(=O)N1c2ccc(C(=O)NCCNC(=O)OC(C)(C)C)cc2[C@H](Nc2ccc(C#N)cc2)[C@@H](C)[C@@H]1C. The topological polar surface area (TPSA) is 124 Å². The minimum absolute atomic E-state index is 0.0309. The second-order valence-electron chi connectivity index (χ2n) is 10.3. The Labute approximate surface area is 218 Å². The van der Waals surface area contributed by atoms with Crippen molar-refractivity contribution in [3.05, 3.63) is 59.2 Å². The lowest BCUT2D eigenvalue weighted by Gasteiger charge is -2.44. The first-order valence-electron chi connectivity index (χ1n) is 12.4. The van der Waals surface area contributed by atoms with Crippen LogP contribution >= 0.6 is 0 Å². The molecule has 0 aliphatic carbocycles. The van der Waals surface area contributed by atoms with E-state index >= 15 is 0 Å². The highest BCUT2D eigenvalue weighted by Gasteiger charge is 2.38. The van der Waals surface area contributed by atoms with Gasteiger partial charge in [-0.05, 0) is 75.7 Å². The van der Waals surface area contributed by atoms with Crippen molar-refractivity contribution in [2.45, 2.75) is 59.2 Å². The maximum atomic E-state index is 12.9. The van der Waals surface area contributed by atoms with E-state index in [4.69, 9.17) is 10.00 Å². The third kappa shape index (κ3) is 6.79. The molecule has 0 unspecified atom stereocenters. The summed E-state index contributed by atoms with van der Waals surface area (Å²) in [5, 5.41) is 18.1. The number of carbonyl (C=O) groups excluding carboxylic acids is 3. The zero-order chi connectivity index (χ0) is 27.3. The molecule has 1 aliphatic heterocycles. The van der Waals surface area contributed by atoms with Gasteiger partial charge in [-0.25, -0.2) is 4.79 Å². The predicted molar refractivity (Wildman–Crippen MR) is 142 cm³/mol. The molecule has 0 saturated heterocycles. The molecule has 0 fully saturated rings. The maximum Gasteiger partial charge on any atom is 0.407 e. The first kappa shape index (κ1) is 27.5. The van der Waals surface area contributed by atoms with E-state index in [1.807, 2.05) is 25.1 Å². The molecule has 37 heavy (non-hydrogen) atoms. The van der Waals surface area contributed by atoms with Gasteiger partial charge in [0.1, 0.15) is 5.60 Å². The fraction of sp³-hybridized carbons (Fsp3) is 0.429. The molecule has 2 aromatic rings. The van der Waals surface area contributed by atoms with Gasteiger partial charge in [-0.3, -0.25) is 9.59 Å². The van der Waals surface area contributed by atoms with Crippen molar-refractivity contribution in [3.8, 4) is 6.07 Å². The van der Waals surface area contributed by atoms with Crippen LogP contribution in [0, 0.1) is 17.2 Å². The third-order valence-electron chi connectivity index (χ3n) is 6.33. The molecule has 0 saturated carbocycles. The Morgan fingerprint density at radius 2 is 1.68 bits per heavy atom. The molecular weight excluding hydrogens is 470 g/mol. The molecule has 9 heteroatoms. The van der Waals surface area contributed by atoms with Crippen LogP contribution < -0.4 is 20.9 Å². The van der Waals surface area contributed by atoms with Gasteiger partial charge in [0, 0.05) is 48.9 Å². The van der Waals surface area contributed by atoms with Gasteiger partial charge in [0.25, 0.3) is 5.91 Å². The van der Waals surface area contributed by atoms with Crippen LogP contribution in [-0.4, -0.2) is 42.6 Å². The standard InChI is InChI=1S/C28H35N5O4/c1-17-18(2)33(19(3)34)24-12-9-21(26(35)30-13-14-31-27(36)37-28(4,5)6)15-23(24)25(17)32-22-10-7-20(16-29)8-11-22/h7-12,15,17-18,25,32H,13-14H2,1-6H3,(H,30,35)(H,31,36)/t17-,18-,25+/m0/s1. The van der Waals surface area contributed by atoms with Gasteiger partial charge in [0.2, 0.25) is 5.91 Å². The van der Waals surface area contributed by atoms with Crippen molar-refractivity contribution in [2.24, 2.45) is 5.92 Å². The van der Waals surface area contributed by atoms with E-state index in [0.29, 0.717) is 11.1 Å². The van der Waals surface area contributed by atoms with Crippen molar-refractivity contribution in [1.29, 1.82) is 5.26 Å². The highest BCUT2D eigenvalue weighted by Crippen LogP contribution is 2.43. The Kier molecular flexibility index (Phi) is 8.43. The Bertz CT molecular complexity index is 1200. The van der Waals surface area contributed by atoms with Crippen molar-refractivity contribution in [1.82, 2.24) is 10.6 Å². The minimum atomic E-state index is -0.596. The number of hydrogen-bond acceptors (Lipinski definition) is 6. The summed E-state index contributed by atoms with van der Waals surface area (Å²) in [6, 6.07) is 14.4. The lowest BCUT2D eigenvalue weighted by Crippen LogP contribution is -2.48. The van der Waals surface area contributed by atoms with Crippen LogP contribution in [0.2, 0.25) is 0 Å².